The SMILES string of the molecule is CC(C)CCNC(=O)NC(=O)Cn1cnc2c1c(=O)n(C)c(=O)n2C. The van der Waals surface area contributed by atoms with Gasteiger partial charge in [-0.2, -0.15) is 0 Å². The molecule has 136 valence electrons. The van der Waals surface area contributed by atoms with E-state index in [1.807, 2.05) is 13.8 Å². The average molecular weight is 350 g/mol. The van der Waals surface area contributed by atoms with Crippen LogP contribution < -0.4 is 21.9 Å². The molecule has 25 heavy (non-hydrogen) atoms. The molecule has 0 saturated carbocycles. The summed E-state index contributed by atoms with van der Waals surface area (Å²) in [6.07, 6.45) is 2.10. The highest BCUT2D eigenvalue weighted by atomic mass is 16.2. The normalized spacial score (nSPS) is 11.1. The van der Waals surface area contributed by atoms with Gasteiger partial charge in [0.1, 0.15) is 6.54 Å². The Morgan fingerprint density at radius 3 is 2.52 bits per heavy atom. The number of fused-ring (bicyclic) bond motifs is 1. The van der Waals surface area contributed by atoms with Crippen molar-refractivity contribution in [3.05, 3.63) is 27.2 Å². The summed E-state index contributed by atoms with van der Waals surface area (Å²) >= 11 is 0. The zero-order valence-electron chi connectivity index (χ0n) is 14.7. The second kappa shape index (κ2) is 7.32. The molecule has 2 rings (SSSR count). The van der Waals surface area contributed by atoms with E-state index >= 15 is 0 Å². The molecule has 10 nitrogen and oxygen atoms in total. The number of aromatic nitrogens is 4. The van der Waals surface area contributed by atoms with Crippen LogP contribution in [0.4, 0.5) is 4.79 Å². The van der Waals surface area contributed by atoms with E-state index in [9.17, 15) is 19.2 Å². The minimum atomic E-state index is -0.588. The van der Waals surface area contributed by atoms with Crippen molar-refractivity contribution in [2.45, 2.75) is 26.8 Å². The first-order valence-corrected chi connectivity index (χ1v) is 7.91. The highest BCUT2D eigenvalue weighted by Crippen LogP contribution is 2.05. The van der Waals surface area contributed by atoms with E-state index in [2.05, 4.69) is 15.6 Å². The number of amides is 3. The topological polar surface area (TPSA) is 120 Å². The van der Waals surface area contributed by atoms with Crippen LogP contribution in [0, 0.1) is 5.92 Å². The number of hydrogen-bond donors (Lipinski definition) is 2. The number of nitrogens with zero attached hydrogens (tertiary/aromatic N) is 4. The monoisotopic (exact) mass is 350 g/mol. The summed E-state index contributed by atoms with van der Waals surface area (Å²) in [5, 5.41) is 4.79. The van der Waals surface area contributed by atoms with Crippen LogP contribution in [0.2, 0.25) is 0 Å². The van der Waals surface area contributed by atoms with Crippen LogP contribution in [0.25, 0.3) is 11.2 Å². The highest BCUT2D eigenvalue weighted by Gasteiger charge is 2.16. The number of hydrogen-bond acceptors (Lipinski definition) is 5. The van der Waals surface area contributed by atoms with Crippen molar-refractivity contribution >= 4 is 23.1 Å². The van der Waals surface area contributed by atoms with Gasteiger partial charge in [-0.1, -0.05) is 13.8 Å². The van der Waals surface area contributed by atoms with Gasteiger partial charge in [-0.25, -0.2) is 14.6 Å². The molecule has 0 fully saturated rings. The van der Waals surface area contributed by atoms with E-state index in [1.54, 1.807) is 0 Å². The summed E-state index contributed by atoms with van der Waals surface area (Å²) in [6, 6.07) is -0.588. The highest BCUT2D eigenvalue weighted by molar-refractivity contribution is 5.94. The summed E-state index contributed by atoms with van der Waals surface area (Å²) in [6.45, 7) is 4.26. The molecular formula is C15H22N6O4. The molecular weight excluding hydrogens is 328 g/mol. The third kappa shape index (κ3) is 3.95. The Hall–Kier alpha value is -2.91. The second-order valence-corrected chi connectivity index (χ2v) is 6.24. The molecule has 0 aromatic carbocycles. The second-order valence-electron chi connectivity index (χ2n) is 6.24. The van der Waals surface area contributed by atoms with Crippen LogP contribution in [0.1, 0.15) is 20.3 Å². The fourth-order valence-electron chi connectivity index (χ4n) is 2.36. The summed E-state index contributed by atoms with van der Waals surface area (Å²) in [4.78, 5) is 51.8. The van der Waals surface area contributed by atoms with Crippen LogP contribution in [0.3, 0.4) is 0 Å². The summed E-state index contributed by atoms with van der Waals surface area (Å²) < 4.78 is 3.48. The predicted octanol–water partition coefficient (Wildman–Crippen LogP) is -0.694. The molecule has 0 bridgehead atoms. The third-order valence-electron chi connectivity index (χ3n) is 3.79. The number of aryl methyl sites for hydroxylation is 1. The Bertz CT molecular complexity index is 920. The van der Waals surface area contributed by atoms with Crippen molar-refractivity contribution in [2.24, 2.45) is 20.0 Å². The van der Waals surface area contributed by atoms with Gasteiger partial charge in [-0.15, -0.1) is 0 Å². The van der Waals surface area contributed by atoms with Gasteiger partial charge in [-0.3, -0.25) is 24.0 Å². The summed E-state index contributed by atoms with van der Waals surface area (Å²) in [5.41, 5.74) is -0.747. The van der Waals surface area contributed by atoms with Crippen molar-refractivity contribution in [2.75, 3.05) is 6.54 Å². The Kier molecular flexibility index (Phi) is 5.40. The lowest BCUT2D eigenvalue weighted by atomic mass is 10.1. The standard InChI is InChI=1S/C15H22N6O4/c1-9(2)5-6-16-14(24)18-10(22)7-21-8-17-12-11(21)13(23)20(4)15(25)19(12)3/h8-9H,5-7H2,1-4H3,(H2,16,18,22,24). The molecule has 10 heteroatoms. The van der Waals surface area contributed by atoms with Gasteiger partial charge in [0.25, 0.3) is 5.56 Å². The van der Waals surface area contributed by atoms with Crippen LogP contribution in [0.5, 0.6) is 0 Å². The number of imide groups is 1. The minimum Gasteiger partial charge on any atom is -0.338 e. The van der Waals surface area contributed by atoms with Crippen molar-refractivity contribution in [1.29, 1.82) is 0 Å². The summed E-state index contributed by atoms with van der Waals surface area (Å²) in [5.74, 6) is -0.145. The van der Waals surface area contributed by atoms with Crippen molar-refractivity contribution in [3.8, 4) is 0 Å². The van der Waals surface area contributed by atoms with Gasteiger partial charge >= 0.3 is 11.7 Å². The lowest BCUT2D eigenvalue weighted by Crippen LogP contribution is -2.42. The van der Waals surface area contributed by atoms with Crippen LogP contribution in [-0.4, -0.2) is 37.2 Å². The molecule has 0 unspecified atom stereocenters. The maximum absolute atomic E-state index is 12.3. The lowest BCUT2D eigenvalue weighted by Gasteiger charge is -2.09. The molecule has 2 aromatic rings. The van der Waals surface area contributed by atoms with Gasteiger partial charge in [0, 0.05) is 20.6 Å². The molecule has 0 aliphatic carbocycles. The smallest absolute Gasteiger partial charge is 0.332 e. The quantitative estimate of drug-likeness (QED) is 0.739. The first-order chi connectivity index (χ1) is 11.7. The number of carbonyl (C=O) groups is 2. The van der Waals surface area contributed by atoms with Crippen LogP contribution >= 0.6 is 0 Å². The van der Waals surface area contributed by atoms with Crippen LogP contribution in [-0.2, 0) is 25.4 Å². The zero-order valence-corrected chi connectivity index (χ0v) is 14.7. The molecule has 2 N–H and O–H groups in total. The molecule has 0 saturated heterocycles. The number of imidazole rings is 1. The van der Waals surface area contributed by atoms with Gasteiger partial charge < -0.3 is 9.88 Å². The van der Waals surface area contributed by atoms with E-state index < -0.39 is 23.2 Å². The van der Waals surface area contributed by atoms with Crippen molar-refractivity contribution < 1.29 is 9.59 Å². The van der Waals surface area contributed by atoms with Crippen molar-refractivity contribution in [1.82, 2.24) is 29.3 Å². The van der Waals surface area contributed by atoms with Gasteiger partial charge in [0.2, 0.25) is 5.91 Å². The number of carbonyl (C=O) groups excluding carboxylic acids is 2. The van der Waals surface area contributed by atoms with E-state index in [0.29, 0.717) is 12.5 Å². The molecule has 0 aliphatic heterocycles. The molecule has 2 aromatic heterocycles. The first kappa shape index (κ1) is 18.4. The van der Waals surface area contributed by atoms with E-state index in [0.717, 1.165) is 11.0 Å². The molecule has 0 atom stereocenters. The lowest BCUT2D eigenvalue weighted by molar-refractivity contribution is -0.120. The fraction of sp³-hybridized carbons (Fsp3) is 0.533. The molecule has 2 heterocycles. The van der Waals surface area contributed by atoms with Crippen LogP contribution in [0.15, 0.2) is 15.9 Å². The maximum Gasteiger partial charge on any atom is 0.332 e. The Balaban J connectivity index is 2.13. The number of urea groups is 1. The fourth-order valence-corrected chi connectivity index (χ4v) is 2.36. The van der Waals surface area contributed by atoms with Gasteiger partial charge in [0.15, 0.2) is 11.2 Å². The zero-order chi connectivity index (χ0) is 18.7. The number of rotatable bonds is 5. The number of nitrogens with one attached hydrogen (secondary N) is 2. The summed E-state index contributed by atoms with van der Waals surface area (Å²) in [7, 11) is 2.84. The molecule has 0 spiro atoms. The largest absolute Gasteiger partial charge is 0.338 e. The Morgan fingerprint density at radius 2 is 1.88 bits per heavy atom. The van der Waals surface area contributed by atoms with Gasteiger partial charge in [-0.05, 0) is 12.3 Å². The predicted molar refractivity (Wildman–Crippen MR) is 91.2 cm³/mol. The molecule has 0 aliphatic rings. The average Bonchev–Trinajstić information content (AvgIpc) is 2.94. The van der Waals surface area contributed by atoms with E-state index in [1.165, 1.54) is 29.6 Å². The third-order valence-corrected chi connectivity index (χ3v) is 3.79. The van der Waals surface area contributed by atoms with E-state index in [-0.39, 0.29) is 17.7 Å². The molecule has 0 radical (unpaired) electrons. The van der Waals surface area contributed by atoms with E-state index in [4.69, 9.17) is 0 Å². The first-order valence-electron chi connectivity index (χ1n) is 7.91. The maximum atomic E-state index is 12.3. The molecule has 3 amide bonds. The van der Waals surface area contributed by atoms with Gasteiger partial charge in [0.05, 0.1) is 6.33 Å². The Morgan fingerprint density at radius 1 is 1.20 bits per heavy atom. The Labute approximate surface area is 143 Å². The van der Waals surface area contributed by atoms with Crippen molar-refractivity contribution in [3.63, 3.8) is 0 Å². The minimum absolute atomic E-state index is 0.125.